The summed E-state index contributed by atoms with van der Waals surface area (Å²) >= 11 is 0. The van der Waals surface area contributed by atoms with Crippen LogP contribution in [0.5, 0.6) is 0 Å². The Kier molecular flexibility index (Phi) is 7.23. The monoisotopic (exact) mass is 675 g/mol. The summed E-state index contributed by atoms with van der Waals surface area (Å²) in [6.07, 6.45) is 0. The highest BCUT2D eigenvalue weighted by Gasteiger charge is 2.52. The second kappa shape index (κ2) is 12.3. The number of pyridine rings is 1. The Morgan fingerprint density at radius 3 is 1.43 bits per heavy atom. The molecule has 0 atom stereocenters. The molecule has 53 heavy (non-hydrogen) atoms. The first-order chi connectivity index (χ1) is 26.1. The summed E-state index contributed by atoms with van der Waals surface area (Å²) in [4.78, 5) is 5.14. The SMILES string of the molecule is CC1=C(c2ccccc2C)C2(c3cc(-c4cccc(-c5cc(-c6ccccc6)nc(-c6ccccc6)c5)c4)ccc31)c1ccccc1-c1ccccc12. The first kappa shape index (κ1) is 31.2. The second-order valence-corrected chi connectivity index (χ2v) is 14.4. The molecule has 2 aliphatic carbocycles. The first-order valence-electron chi connectivity index (χ1n) is 18.5. The van der Waals surface area contributed by atoms with E-state index >= 15 is 0 Å². The average molecular weight is 676 g/mol. The van der Waals surface area contributed by atoms with Gasteiger partial charge in [-0.15, -0.1) is 0 Å². The lowest BCUT2D eigenvalue weighted by Gasteiger charge is -2.34. The molecule has 0 unspecified atom stereocenters. The number of hydrogen-bond acceptors (Lipinski definition) is 1. The Hall–Kier alpha value is -6.57. The molecule has 1 heteroatoms. The molecule has 2 aliphatic rings. The molecule has 0 radical (unpaired) electrons. The number of hydrogen-bond donors (Lipinski definition) is 0. The van der Waals surface area contributed by atoms with E-state index in [0.717, 1.165) is 28.1 Å². The molecule has 0 bridgehead atoms. The maximum Gasteiger partial charge on any atom is 0.0728 e. The van der Waals surface area contributed by atoms with Crippen molar-refractivity contribution in [1.29, 1.82) is 0 Å². The third kappa shape index (κ3) is 4.81. The standard InChI is InChI=1S/C52H37N/c1-34-16-9-10-23-42(34)51-35(2)43-29-28-40(31-48(43)52(51)46-26-13-11-24-44(46)45-25-12-14-27-47(45)52)38-21-15-22-39(30-38)41-32-49(36-17-5-3-6-18-36)53-50(33-41)37-19-7-4-8-20-37/h3-33H,1-2H3. The molecule has 0 saturated heterocycles. The third-order valence-electron chi connectivity index (χ3n) is 11.4. The van der Waals surface area contributed by atoms with Gasteiger partial charge in [0.2, 0.25) is 0 Å². The Labute approximate surface area is 311 Å². The maximum absolute atomic E-state index is 5.14. The predicted octanol–water partition coefficient (Wildman–Crippen LogP) is 13.3. The van der Waals surface area contributed by atoms with E-state index in [-0.39, 0.29) is 0 Å². The quantitative estimate of drug-likeness (QED) is 0.177. The minimum Gasteiger partial charge on any atom is -0.248 e. The van der Waals surface area contributed by atoms with Crippen LogP contribution in [0.15, 0.2) is 188 Å². The van der Waals surface area contributed by atoms with E-state index in [9.17, 15) is 0 Å². The summed E-state index contributed by atoms with van der Waals surface area (Å²) in [5.74, 6) is 0. The Morgan fingerprint density at radius 1 is 0.340 bits per heavy atom. The number of rotatable bonds is 5. The fourth-order valence-electron chi connectivity index (χ4n) is 9.05. The fourth-order valence-corrected chi connectivity index (χ4v) is 9.05. The highest BCUT2D eigenvalue weighted by Crippen LogP contribution is 2.64. The second-order valence-electron chi connectivity index (χ2n) is 14.4. The van der Waals surface area contributed by atoms with Gasteiger partial charge in [-0.05, 0) is 116 Å². The molecule has 0 amide bonds. The van der Waals surface area contributed by atoms with Gasteiger partial charge in [-0.1, -0.05) is 164 Å². The molecule has 0 N–H and O–H groups in total. The summed E-state index contributed by atoms with van der Waals surface area (Å²) < 4.78 is 0. The van der Waals surface area contributed by atoms with Crippen LogP contribution in [0.1, 0.15) is 40.3 Å². The van der Waals surface area contributed by atoms with E-state index in [1.165, 1.54) is 72.3 Å². The zero-order valence-electron chi connectivity index (χ0n) is 29.8. The van der Waals surface area contributed by atoms with Crippen molar-refractivity contribution in [2.24, 2.45) is 0 Å². The lowest BCUT2D eigenvalue weighted by atomic mass is 9.67. The molecule has 250 valence electrons. The van der Waals surface area contributed by atoms with Gasteiger partial charge in [-0.2, -0.15) is 0 Å². The fraction of sp³-hybridized carbons (Fsp3) is 0.0577. The van der Waals surface area contributed by atoms with Crippen molar-refractivity contribution in [1.82, 2.24) is 4.98 Å². The number of benzene rings is 7. The van der Waals surface area contributed by atoms with Gasteiger partial charge in [0.05, 0.1) is 16.8 Å². The maximum atomic E-state index is 5.14. The Balaban J connectivity index is 1.17. The summed E-state index contributed by atoms with van der Waals surface area (Å²) in [6.45, 7) is 4.58. The van der Waals surface area contributed by atoms with Gasteiger partial charge < -0.3 is 0 Å². The van der Waals surface area contributed by atoms with Gasteiger partial charge in [0.1, 0.15) is 0 Å². The van der Waals surface area contributed by atoms with Crippen LogP contribution >= 0.6 is 0 Å². The van der Waals surface area contributed by atoms with Crippen molar-refractivity contribution < 1.29 is 0 Å². The van der Waals surface area contributed by atoms with Crippen molar-refractivity contribution in [2.45, 2.75) is 19.3 Å². The normalized spacial score (nSPS) is 13.5. The van der Waals surface area contributed by atoms with Gasteiger partial charge in [-0.3, -0.25) is 0 Å². The minimum absolute atomic E-state index is 0.424. The Morgan fingerprint density at radius 2 is 0.830 bits per heavy atom. The predicted molar refractivity (Wildman–Crippen MR) is 221 cm³/mol. The van der Waals surface area contributed by atoms with Crippen LogP contribution in [0.2, 0.25) is 0 Å². The van der Waals surface area contributed by atoms with Crippen LogP contribution in [-0.4, -0.2) is 4.98 Å². The third-order valence-corrected chi connectivity index (χ3v) is 11.4. The smallest absolute Gasteiger partial charge is 0.0728 e. The molecule has 8 aromatic rings. The zero-order valence-corrected chi connectivity index (χ0v) is 29.8. The molecule has 1 spiro atoms. The topological polar surface area (TPSA) is 12.9 Å². The number of aromatic nitrogens is 1. The van der Waals surface area contributed by atoms with Gasteiger partial charge in [0.15, 0.2) is 0 Å². The molecule has 7 aromatic carbocycles. The first-order valence-corrected chi connectivity index (χ1v) is 18.5. The van der Waals surface area contributed by atoms with E-state index in [1.807, 2.05) is 0 Å². The van der Waals surface area contributed by atoms with E-state index in [0.29, 0.717) is 0 Å². The zero-order chi connectivity index (χ0) is 35.5. The van der Waals surface area contributed by atoms with E-state index in [4.69, 9.17) is 4.98 Å². The molecule has 1 nitrogen and oxygen atoms in total. The van der Waals surface area contributed by atoms with Gasteiger partial charge in [0, 0.05) is 11.1 Å². The lowest BCUT2D eigenvalue weighted by molar-refractivity contribution is 0.841. The highest BCUT2D eigenvalue weighted by atomic mass is 14.7. The van der Waals surface area contributed by atoms with Crippen LogP contribution in [0.4, 0.5) is 0 Å². The number of fused-ring (bicyclic) bond motifs is 7. The number of allylic oxidation sites excluding steroid dienone is 2. The van der Waals surface area contributed by atoms with Crippen molar-refractivity contribution >= 4 is 11.1 Å². The molecule has 0 saturated carbocycles. The van der Waals surface area contributed by atoms with Crippen molar-refractivity contribution in [2.75, 3.05) is 0 Å². The summed E-state index contributed by atoms with van der Waals surface area (Å²) in [6, 6.07) is 68.7. The average Bonchev–Trinajstić information content (AvgIpc) is 3.67. The van der Waals surface area contributed by atoms with Crippen molar-refractivity contribution in [3.63, 3.8) is 0 Å². The van der Waals surface area contributed by atoms with Crippen LogP contribution in [-0.2, 0) is 5.41 Å². The Bertz CT molecular complexity index is 2630. The van der Waals surface area contributed by atoms with Crippen molar-refractivity contribution in [3.05, 3.63) is 221 Å². The minimum atomic E-state index is -0.424. The summed E-state index contributed by atoms with van der Waals surface area (Å²) in [5, 5.41) is 0. The van der Waals surface area contributed by atoms with Gasteiger partial charge >= 0.3 is 0 Å². The molecule has 1 heterocycles. The van der Waals surface area contributed by atoms with Crippen LogP contribution in [0, 0.1) is 6.92 Å². The van der Waals surface area contributed by atoms with Crippen LogP contribution < -0.4 is 0 Å². The highest BCUT2D eigenvalue weighted by molar-refractivity contribution is 6.10. The lowest BCUT2D eigenvalue weighted by Crippen LogP contribution is -2.27. The van der Waals surface area contributed by atoms with Gasteiger partial charge in [0.25, 0.3) is 0 Å². The molecule has 10 rings (SSSR count). The molecule has 0 fully saturated rings. The van der Waals surface area contributed by atoms with E-state index in [2.05, 4.69) is 202 Å². The summed E-state index contributed by atoms with van der Waals surface area (Å²) in [5.41, 5.74) is 21.9. The van der Waals surface area contributed by atoms with E-state index < -0.39 is 5.41 Å². The summed E-state index contributed by atoms with van der Waals surface area (Å²) in [7, 11) is 0. The van der Waals surface area contributed by atoms with Crippen molar-refractivity contribution in [3.8, 4) is 55.9 Å². The van der Waals surface area contributed by atoms with Crippen LogP contribution in [0.3, 0.4) is 0 Å². The molecular formula is C52H37N. The molecule has 0 aliphatic heterocycles. The number of aryl methyl sites for hydroxylation is 1. The largest absolute Gasteiger partial charge is 0.248 e. The molecule has 1 aromatic heterocycles. The molecular weight excluding hydrogens is 639 g/mol. The van der Waals surface area contributed by atoms with Gasteiger partial charge in [-0.25, -0.2) is 4.98 Å². The number of nitrogens with zero attached hydrogens (tertiary/aromatic N) is 1. The van der Waals surface area contributed by atoms with E-state index in [1.54, 1.807) is 0 Å². The van der Waals surface area contributed by atoms with Crippen LogP contribution in [0.25, 0.3) is 67.0 Å².